The highest BCUT2D eigenvalue weighted by Gasteiger charge is 2.17. The Labute approximate surface area is 149 Å². The van der Waals surface area contributed by atoms with Crippen molar-refractivity contribution in [1.29, 1.82) is 0 Å². The number of aryl methyl sites for hydroxylation is 1. The van der Waals surface area contributed by atoms with Gasteiger partial charge in [-0.1, -0.05) is 39.0 Å². The number of anilines is 1. The van der Waals surface area contributed by atoms with Crippen molar-refractivity contribution in [1.82, 2.24) is 0 Å². The molecule has 1 atom stereocenters. The standard InChI is InChI=1S/C21H25NO3/c1-4-15(3)21(24)19-12-11-17(13-16(19)5-2)22-20(23)14-25-18-9-7-6-8-10-18/h6-13,15H,4-5,14H2,1-3H3,(H,22,23). The van der Waals surface area contributed by atoms with Crippen LogP contribution in [-0.2, 0) is 11.2 Å². The molecule has 0 heterocycles. The number of Topliss-reactive ketones (excluding diaryl/α,β-unsaturated/α-hetero) is 1. The Bertz CT molecular complexity index is 725. The number of carbonyl (C=O) groups is 2. The van der Waals surface area contributed by atoms with Crippen molar-refractivity contribution in [2.45, 2.75) is 33.6 Å². The van der Waals surface area contributed by atoms with Gasteiger partial charge in [-0.2, -0.15) is 0 Å². The second kappa shape index (κ2) is 9.02. The quantitative estimate of drug-likeness (QED) is 0.721. The molecule has 1 N–H and O–H groups in total. The maximum atomic E-state index is 12.4. The first kappa shape index (κ1) is 18.7. The molecule has 132 valence electrons. The van der Waals surface area contributed by atoms with Crippen molar-refractivity contribution in [2.24, 2.45) is 5.92 Å². The molecule has 4 nitrogen and oxygen atoms in total. The van der Waals surface area contributed by atoms with Gasteiger partial charge in [-0.15, -0.1) is 0 Å². The van der Waals surface area contributed by atoms with Crippen LogP contribution in [0.15, 0.2) is 48.5 Å². The molecule has 1 amide bonds. The second-order valence-corrected chi connectivity index (χ2v) is 6.05. The minimum atomic E-state index is -0.230. The van der Waals surface area contributed by atoms with Crippen molar-refractivity contribution in [3.05, 3.63) is 59.7 Å². The minimum absolute atomic E-state index is 0.00464. The van der Waals surface area contributed by atoms with E-state index in [1.165, 1.54) is 0 Å². The number of carbonyl (C=O) groups excluding carboxylic acids is 2. The van der Waals surface area contributed by atoms with Gasteiger partial charge in [-0.05, 0) is 48.7 Å². The first-order chi connectivity index (χ1) is 12.0. The first-order valence-corrected chi connectivity index (χ1v) is 8.70. The highest BCUT2D eigenvalue weighted by molar-refractivity contribution is 6.00. The van der Waals surface area contributed by atoms with Crippen LogP contribution in [0.4, 0.5) is 5.69 Å². The number of ketones is 1. The lowest BCUT2D eigenvalue weighted by atomic mass is 9.92. The van der Waals surface area contributed by atoms with Gasteiger partial charge in [-0.25, -0.2) is 0 Å². The Balaban J connectivity index is 2.02. The zero-order valence-corrected chi connectivity index (χ0v) is 15.0. The summed E-state index contributed by atoms with van der Waals surface area (Å²) in [4.78, 5) is 24.5. The molecule has 0 aliphatic heterocycles. The van der Waals surface area contributed by atoms with Gasteiger partial charge in [0.2, 0.25) is 0 Å². The highest BCUT2D eigenvalue weighted by atomic mass is 16.5. The van der Waals surface area contributed by atoms with E-state index < -0.39 is 0 Å². The summed E-state index contributed by atoms with van der Waals surface area (Å²) < 4.78 is 5.44. The fraction of sp³-hybridized carbons (Fsp3) is 0.333. The van der Waals surface area contributed by atoms with Gasteiger partial charge in [0.05, 0.1) is 0 Å². The van der Waals surface area contributed by atoms with Crippen LogP contribution >= 0.6 is 0 Å². The summed E-state index contributed by atoms with van der Waals surface area (Å²) in [6, 6.07) is 14.7. The number of hydrogen-bond acceptors (Lipinski definition) is 3. The number of ether oxygens (including phenoxy) is 1. The summed E-state index contributed by atoms with van der Waals surface area (Å²) in [5.41, 5.74) is 2.38. The predicted octanol–water partition coefficient (Wildman–Crippen LogP) is 4.50. The highest BCUT2D eigenvalue weighted by Crippen LogP contribution is 2.21. The van der Waals surface area contributed by atoms with E-state index in [4.69, 9.17) is 4.74 Å². The molecule has 0 aliphatic rings. The average Bonchev–Trinajstić information content (AvgIpc) is 2.65. The Morgan fingerprint density at radius 1 is 1.08 bits per heavy atom. The van der Waals surface area contributed by atoms with Crippen LogP contribution < -0.4 is 10.1 Å². The summed E-state index contributed by atoms with van der Waals surface area (Å²) in [5, 5.41) is 2.82. The number of para-hydroxylation sites is 1. The largest absolute Gasteiger partial charge is 0.484 e. The number of amides is 1. The smallest absolute Gasteiger partial charge is 0.262 e. The van der Waals surface area contributed by atoms with Crippen LogP contribution in [0, 0.1) is 5.92 Å². The number of hydrogen-bond donors (Lipinski definition) is 1. The molecular weight excluding hydrogens is 314 g/mol. The molecule has 2 aromatic carbocycles. The molecule has 2 aromatic rings. The van der Waals surface area contributed by atoms with Gasteiger partial charge in [-0.3, -0.25) is 9.59 Å². The van der Waals surface area contributed by atoms with E-state index in [9.17, 15) is 9.59 Å². The molecule has 25 heavy (non-hydrogen) atoms. The summed E-state index contributed by atoms with van der Waals surface area (Å²) in [6.45, 7) is 5.90. The molecule has 0 spiro atoms. The SMILES string of the molecule is CCc1cc(NC(=O)COc2ccccc2)ccc1C(=O)C(C)CC. The zero-order valence-electron chi connectivity index (χ0n) is 15.0. The Morgan fingerprint density at radius 2 is 1.80 bits per heavy atom. The van der Waals surface area contributed by atoms with Crippen molar-refractivity contribution in [3.8, 4) is 5.75 Å². The van der Waals surface area contributed by atoms with Gasteiger partial charge >= 0.3 is 0 Å². The van der Waals surface area contributed by atoms with Crippen LogP contribution in [0.5, 0.6) is 5.75 Å². The maximum absolute atomic E-state index is 12.4. The molecular formula is C21H25NO3. The van der Waals surface area contributed by atoms with Crippen LogP contribution in [0.2, 0.25) is 0 Å². The first-order valence-electron chi connectivity index (χ1n) is 8.70. The summed E-state index contributed by atoms with van der Waals surface area (Å²) in [7, 11) is 0. The Hall–Kier alpha value is -2.62. The van der Waals surface area contributed by atoms with Gasteiger partial charge in [0.25, 0.3) is 5.91 Å². The third kappa shape index (κ3) is 5.18. The number of nitrogens with one attached hydrogen (secondary N) is 1. The zero-order chi connectivity index (χ0) is 18.2. The lowest BCUT2D eigenvalue weighted by molar-refractivity contribution is -0.118. The van der Waals surface area contributed by atoms with E-state index in [0.29, 0.717) is 11.4 Å². The Morgan fingerprint density at radius 3 is 2.44 bits per heavy atom. The summed E-state index contributed by atoms with van der Waals surface area (Å²) in [6.07, 6.45) is 1.55. The maximum Gasteiger partial charge on any atom is 0.262 e. The lowest BCUT2D eigenvalue weighted by Crippen LogP contribution is -2.20. The molecule has 2 rings (SSSR count). The van der Waals surface area contributed by atoms with Crippen molar-refractivity contribution in [3.63, 3.8) is 0 Å². The molecule has 0 aromatic heterocycles. The number of benzene rings is 2. The molecule has 0 fully saturated rings. The van der Waals surface area contributed by atoms with E-state index in [-0.39, 0.29) is 24.2 Å². The van der Waals surface area contributed by atoms with Crippen LogP contribution in [0.3, 0.4) is 0 Å². The fourth-order valence-electron chi connectivity index (χ4n) is 2.52. The van der Waals surface area contributed by atoms with Crippen molar-refractivity contribution in [2.75, 3.05) is 11.9 Å². The molecule has 1 unspecified atom stereocenters. The van der Waals surface area contributed by atoms with Gasteiger partial charge in [0.15, 0.2) is 12.4 Å². The monoisotopic (exact) mass is 339 g/mol. The van der Waals surface area contributed by atoms with Crippen LogP contribution in [-0.4, -0.2) is 18.3 Å². The van der Waals surface area contributed by atoms with E-state index >= 15 is 0 Å². The average molecular weight is 339 g/mol. The summed E-state index contributed by atoms with van der Waals surface area (Å²) in [5.74, 6) is 0.586. The summed E-state index contributed by atoms with van der Waals surface area (Å²) >= 11 is 0. The molecule has 0 bridgehead atoms. The lowest BCUT2D eigenvalue weighted by Gasteiger charge is -2.14. The van der Waals surface area contributed by atoms with E-state index in [1.807, 2.05) is 45.0 Å². The molecule has 0 aliphatic carbocycles. The van der Waals surface area contributed by atoms with E-state index in [2.05, 4.69) is 5.32 Å². The predicted molar refractivity (Wildman–Crippen MR) is 100 cm³/mol. The fourth-order valence-corrected chi connectivity index (χ4v) is 2.52. The molecule has 0 radical (unpaired) electrons. The van der Waals surface area contributed by atoms with Crippen molar-refractivity contribution < 1.29 is 14.3 Å². The third-order valence-corrected chi connectivity index (χ3v) is 4.21. The van der Waals surface area contributed by atoms with Crippen LogP contribution in [0.1, 0.15) is 43.1 Å². The minimum Gasteiger partial charge on any atom is -0.484 e. The van der Waals surface area contributed by atoms with Gasteiger partial charge in [0.1, 0.15) is 5.75 Å². The third-order valence-electron chi connectivity index (χ3n) is 4.21. The van der Waals surface area contributed by atoms with Gasteiger partial charge in [0, 0.05) is 17.2 Å². The Kier molecular flexibility index (Phi) is 6.75. The van der Waals surface area contributed by atoms with Crippen molar-refractivity contribution >= 4 is 17.4 Å². The topological polar surface area (TPSA) is 55.4 Å². The molecule has 0 saturated heterocycles. The van der Waals surface area contributed by atoms with Gasteiger partial charge < -0.3 is 10.1 Å². The van der Waals surface area contributed by atoms with Crippen LogP contribution in [0.25, 0.3) is 0 Å². The second-order valence-electron chi connectivity index (χ2n) is 6.05. The molecule has 4 heteroatoms. The molecule has 0 saturated carbocycles. The van der Waals surface area contributed by atoms with E-state index in [1.54, 1.807) is 24.3 Å². The van der Waals surface area contributed by atoms with E-state index in [0.717, 1.165) is 24.0 Å². The number of rotatable bonds is 8. The normalized spacial score (nSPS) is 11.6.